The maximum Gasteiger partial charge on any atom is 0.274 e. The molecule has 0 unspecified atom stereocenters. The number of morpholine rings is 1. The van der Waals surface area contributed by atoms with Gasteiger partial charge in [-0.1, -0.05) is 18.7 Å². The number of fused-ring (bicyclic) bond motifs is 1. The van der Waals surface area contributed by atoms with Gasteiger partial charge in [0.05, 0.1) is 18.6 Å². The summed E-state index contributed by atoms with van der Waals surface area (Å²) in [7, 11) is 0. The zero-order chi connectivity index (χ0) is 39.9. The number of benzene rings is 1. The zero-order valence-corrected chi connectivity index (χ0v) is 32.6. The molecule has 16 nitrogen and oxygen atoms in total. The molecule has 7 rings (SSSR count). The van der Waals surface area contributed by atoms with E-state index in [1.807, 2.05) is 36.4 Å². The minimum atomic E-state index is -0.565. The normalized spacial score (nSPS) is 18.5. The number of amides is 4. The number of aromatic amines is 1. The van der Waals surface area contributed by atoms with Crippen molar-refractivity contribution < 1.29 is 23.9 Å². The largest absolute Gasteiger partial charge is 0.378 e. The van der Waals surface area contributed by atoms with Gasteiger partial charge in [0.15, 0.2) is 0 Å². The summed E-state index contributed by atoms with van der Waals surface area (Å²) in [6.45, 7) is 15.0. The SMILES string of the molecule is C=C(CN1CCN(C(=O)[C@@H](C)NC(C)=O)CC1)C(=O)N[C@@H]1CCCN(Cc2ccnc(C(=O)Nc3ccc(-c4cc5c(N6CCOCC6)ncnc5[nH]4)cc3)c2)C1. The van der Waals surface area contributed by atoms with Crippen LogP contribution < -0.4 is 20.9 Å². The second-order valence-electron chi connectivity index (χ2n) is 15.0. The first kappa shape index (κ1) is 39.5. The Hall–Kier alpha value is -5.71. The quantitative estimate of drug-likeness (QED) is 0.155. The first-order valence-corrected chi connectivity index (χ1v) is 19.6. The Morgan fingerprint density at radius 1 is 0.947 bits per heavy atom. The van der Waals surface area contributed by atoms with E-state index in [-0.39, 0.29) is 29.7 Å². The van der Waals surface area contributed by atoms with E-state index in [1.165, 1.54) is 6.92 Å². The fourth-order valence-electron chi connectivity index (χ4n) is 7.71. The average Bonchev–Trinajstić information content (AvgIpc) is 3.66. The van der Waals surface area contributed by atoms with Crippen LogP contribution >= 0.6 is 0 Å². The van der Waals surface area contributed by atoms with Gasteiger partial charge in [-0.05, 0) is 67.8 Å². The summed E-state index contributed by atoms with van der Waals surface area (Å²) >= 11 is 0. The number of anilines is 2. The minimum Gasteiger partial charge on any atom is -0.378 e. The Morgan fingerprint density at radius 2 is 1.72 bits per heavy atom. The number of ether oxygens (including phenoxy) is 1. The molecule has 57 heavy (non-hydrogen) atoms. The van der Waals surface area contributed by atoms with Crippen molar-refractivity contribution in [2.45, 2.75) is 45.3 Å². The molecule has 300 valence electrons. The fourth-order valence-corrected chi connectivity index (χ4v) is 7.71. The molecule has 3 aliphatic rings. The van der Waals surface area contributed by atoms with E-state index < -0.39 is 6.04 Å². The topological polar surface area (TPSA) is 181 Å². The number of piperidine rings is 1. The number of nitrogens with zero attached hydrogens (tertiary/aromatic N) is 7. The summed E-state index contributed by atoms with van der Waals surface area (Å²) in [5, 5.41) is 9.75. The van der Waals surface area contributed by atoms with Crippen molar-refractivity contribution in [3.8, 4) is 11.3 Å². The fraction of sp³-hybridized carbons (Fsp3) is 0.439. The third-order valence-corrected chi connectivity index (χ3v) is 10.7. The number of H-pyrrole nitrogens is 1. The van der Waals surface area contributed by atoms with Crippen molar-refractivity contribution in [2.75, 3.05) is 82.3 Å². The van der Waals surface area contributed by atoms with Crippen LogP contribution in [0.25, 0.3) is 22.3 Å². The van der Waals surface area contributed by atoms with E-state index in [0.29, 0.717) is 76.0 Å². The van der Waals surface area contributed by atoms with Crippen molar-refractivity contribution in [1.29, 1.82) is 0 Å². The highest BCUT2D eigenvalue weighted by atomic mass is 16.5. The Balaban J connectivity index is 0.876. The number of carbonyl (C=O) groups is 4. The lowest BCUT2D eigenvalue weighted by Gasteiger charge is -2.36. The van der Waals surface area contributed by atoms with Gasteiger partial charge in [0.1, 0.15) is 29.5 Å². The highest BCUT2D eigenvalue weighted by Crippen LogP contribution is 2.30. The average molecular weight is 778 g/mol. The van der Waals surface area contributed by atoms with E-state index in [0.717, 1.165) is 66.1 Å². The number of nitrogens with one attached hydrogen (secondary N) is 4. The highest BCUT2D eigenvalue weighted by Gasteiger charge is 2.28. The molecule has 0 aliphatic carbocycles. The molecule has 3 saturated heterocycles. The number of piperazine rings is 1. The number of rotatable bonds is 12. The van der Waals surface area contributed by atoms with Crippen molar-refractivity contribution >= 4 is 46.2 Å². The minimum absolute atomic E-state index is 0.0237. The van der Waals surface area contributed by atoms with Crippen molar-refractivity contribution in [1.82, 2.24) is 45.3 Å². The van der Waals surface area contributed by atoms with Crippen LogP contribution in [0.1, 0.15) is 42.7 Å². The molecule has 16 heteroatoms. The van der Waals surface area contributed by atoms with Gasteiger partial charge in [-0.15, -0.1) is 0 Å². The van der Waals surface area contributed by atoms with E-state index in [9.17, 15) is 19.2 Å². The Morgan fingerprint density at radius 3 is 2.47 bits per heavy atom. The summed E-state index contributed by atoms with van der Waals surface area (Å²) in [6.07, 6.45) is 5.04. The summed E-state index contributed by atoms with van der Waals surface area (Å²) in [5.41, 5.74) is 5.07. The number of carbonyl (C=O) groups excluding carboxylic acids is 4. The first-order chi connectivity index (χ1) is 27.6. The molecule has 2 atom stereocenters. The summed E-state index contributed by atoms with van der Waals surface area (Å²) < 4.78 is 5.51. The molecule has 0 saturated carbocycles. The molecule has 0 bridgehead atoms. The van der Waals surface area contributed by atoms with Crippen LogP contribution in [0.5, 0.6) is 0 Å². The van der Waals surface area contributed by atoms with Gasteiger partial charge in [0.2, 0.25) is 17.7 Å². The van der Waals surface area contributed by atoms with Gasteiger partial charge >= 0.3 is 0 Å². The van der Waals surface area contributed by atoms with Crippen LogP contribution in [0, 0.1) is 0 Å². The zero-order valence-electron chi connectivity index (χ0n) is 32.6. The molecule has 4 aromatic rings. The van der Waals surface area contributed by atoms with Gasteiger partial charge in [-0.25, -0.2) is 9.97 Å². The van der Waals surface area contributed by atoms with Crippen molar-refractivity contribution in [3.05, 3.63) is 78.4 Å². The first-order valence-electron chi connectivity index (χ1n) is 19.6. The Labute approximate surface area is 332 Å². The molecule has 6 heterocycles. The van der Waals surface area contributed by atoms with E-state index >= 15 is 0 Å². The number of aromatic nitrogens is 4. The molecule has 4 N–H and O–H groups in total. The molecule has 3 aromatic heterocycles. The molecule has 3 aliphatic heterocycles. The molecular weight excluding hydrogens is 727 g/mol. The van der Waals surface area contributed by atoms with Gasteiger partial charge in [-0.2, -0.15) is 0 Å². The van der Waals surface area contributed by atoms with Crippen molar-refractivity contribution in [2.24, 2.45) is 0 Å². The standard InChI is InChI=1S/C41H51N11O5/c1-27(23-49-13-15-52(16-14-49)41(56)28(2)45-29(3)53)39(54)47-33-5-4-12-50(25-33)24-30-10-11-42-36(21-30)40(55)46-32-8-6-31(7-9-32)35-22-34-37(48-35)43-26-44-38(34)51-17-19-57-20-18-51/h6-11,21-22,26,28,33H,1,4-5,12-20,23-25H2,2-3H3,(H,45,53)(H,46,55)(H,47,54)(H,43,44,48)/t28-,33-/m1/s1. The number of likely N-dealkylation sites (tertiary alicyclic amines) is 1. The lowest BCUT2D eigenvalue weighted by molar-refractivity contribution is -0.137. The highest BCUT2D eigenvalue weighted by molar-refractivity contribution is 6.03. The van der Waals surface area contributed by atoms with Gasteiger partial charge in [-0.3, -0.25) is 34.0 Å². The predicted molar refractivity (Wildman–Crippen MR) is 216 cm³/mol. The van der Waals surface area contributed by atoms with Crippen LogP contribution in [-0.4, -0.2) is 142 Å². The molecule has 1 aromatic carbocycles. The van der Waals surface area contributed by atoms with Crippen molar-refractivity contribution in [3.63, 3.8) is 0 Å². The predicted octanol–water partition coefficient (Wildman–Crippen LogP) is 2.41. The van der Waals surface area contributed by atoms with Crippen LogP contribution in [0.2, 0.25) is 0 Å². The Bertz CT molecular complexity index is 2090. The van der Waals surface area contributed by atoms with Crippen LogP contribution in [0.4, 0.5) is 11.5 Å². The van der Waals surface area contributed by atoms with Gasteiger partial charge in [0.25, 0.3) is 5.91 Å². The number of hydrogen-bond donors (Lipinski definition) is 4. The smallest absolute Gasteiger partial charge is 0.274 e. The van der Waals surface area contributed by atoms with Crippen LogP contribution in [0.3, 0.4) is 0 Å². The monoisotopic (exact) mass is 777 g/mol. The second kappa shape index (κ2) is 18.0. The van der Waals surface area contributed by atoms with Gasteiger partial charge in [0, 0.05) is 95.0 Å². The Kier molecular flexibility index (Phi) is 12.5. The molecule has 3 fully saturated rings. The lowest BCUT2D eigenvalue weighted by atomic mass is 10.0. The maximum atomic E-state index is 13.3. The summed E-state index contributed by atoms with van der Waals surface area (Å²) in [5.74, 6) is 0.0968. The summed E-state index contributed by atoms with van der Waals surface area (Å²) in [4.78, 5) is 75.5. The van der Waals surface area contributed by atoms with E-state index in [2.05, 4.69) is 63.2 Å². The molecule has 4 amide bonds. The molecular formula is C41H51N11O5. The third kappa shape index (κ3) is 10.0. The van der Waals surface area contributed by atoms with Crippen LogP contribution in [-0.2, 0) is 25.7 Å². The van der Waals surface area contributed by atoms with E-state index in [4.69, 9.17) is 4.74 Å². The number of hydrogen-bond acceptors (Lipinski definition) is 11. The number of pyridine rings is 1. The second-order valence-corrected chi connectivity index (χ2v) is 15.0. The molecule has 0 radical (unpaired) electrons. The lowest BCUT2D eigenvalue weighted by Crippen LogP contribution is -2.54. The summed E-state index contributed by atoms with van der Waals surface area (Å²) in [6, 6.07) is 12.9. The molecule has 0 spiro atoms. The van der Waals surface area contributed by atoms with E-state index in [1.54, 1.807) is 24.3 Å². The van der Waals surface area contributed by atoms with Gasteiger partial charge < -0.3 is 35.5 Å². The van der Waals surface area contributed by atoms with Crippen LogP contribution in [0.15, 0.2) is 67.1 Å². The maximum absolute atomic E-state index is 13.3. The third-order valence-electron chi connectivity index (χ3n) is 10.7.